The number of alkyl halides is 1. The minimum atomic E-state index is -1.13. The van der Waals surface area contributed by atoms with Crippen LogP contribution >= 0.6 is 0 Å². The molecular formula is C15H17FN2. The Morgan fingerprint density at radius 2 is 2.11 bits per heavy atom. The summed E-state index contributed by atoms with van der Waals surface area (Å²) < 4.78 is 14.6. The van der Waals surface area contributed by atoms with Crippen LogP contribution in [0.4, 0.5) is 4.39 Å². The van der Waals surface area contributed by atoms with Gasteiger partial charge in [0.25, 0.3) is 0 Å². The van der Waals surface area contributed by atoms with Gasteiger partial charge in [-0.2, -0.15) is 0 Å². The Bertz CT molecular complexity index is 547. The Morgan fingerprint density at radius 1 is 1.22 bits per heavy atom. The molecule has 1 aromatic heterocycles. The second-order valence-corrected chi connectivity index (χ2v) is 5.10. The average Bonchev–Trinajstić information content (AvgIpc) is 2.39. The summed E-state index contributed by atoms with van der Waals surface area (Å²) in [6.07, 6.45) is 1.95. The molecular weight excluding hydrogens is 227 g/mol. The molecule has 0 saturated carbocycles. The van der Waals surface area contributed by atoms with Crippen molar-refractivity contribution in [2.75, 3.05) is 13.1 Å². The third-order valence-corrected chi connectivity index (χ3v) is 3.57. The zero-order valence-corrected chi connectivity index (χ0v) is 10.3. The van der Waals surface area contributed by atoms with E-state index < -0.39 is 5.67 Å². The number of nitrogens with one attached hydrogen (secondary N) is 1. The van der Waals surface area contributed by atoms with E-state index in [2.05, 4.69) is 10.3 Å². The van der Waals surface area contributed by atoms with Crippen LogP contribution in [0.3, 0.4) is 0 Å². The Kier molecular flexibility index (Phi) is 3.00. The first-order valence-electron chi connectivity index (χ1n) is 6.50. The van der Waals surface area contributed by atoms with Crippen molar-refractivity contribution >= 4 is 10.9 Å². The monoisotopic (exact) mass is 244 g/mol. The van der Waals surface area contributed by atoms with E-state index >= 15 is 0 Å². The molecule has 1 aromatic carbocycles. The lowest BCUT2D eigenvalue weighted by Crippen LogP contribution is -2.43. The quantitative estimate of drug-likeness (QED) is 0.878. The highest BCUT2D eigenvalue weighted by Gasteiger charge is 2.32. The smallest absolute Gasteiger partial charge is 0.129 e. The molecule has 1 unspecified atom stereocenters. The second-order valence-electron chi connectivity index (χ2n) is 5.10. The van der Waals surface area contributed by atoms with E-state index in [1.165, 1.54) is 0 Å². The number of pyridine rings is 1. The van der Waals surface area contributed by atoms with E-state index in [-0.39, 0.29) is 0 Å². The van der Waals surface area contributed by atoms with Crippen molar-refractivity contribution in [3.8, 4) is 0 Å². The average molecular weight is 244 g/mol. The summed E-state index contributed by atoms with van der Waals surface area (Å²) in [7, 11) is 0. The maximum absolute atomic E-state index is 14.6. The van der Waals surface area contributed by atoms with Gasteiger partial charge in [-0.05, 0) is 31.5 Å². The van der Waals surface area contributed by atoms with E-state index in [4.69, 9.17) is 0 Å². The molecule has 1 atom stereocenters. The molecule has 94 valence electrons. The Labute approximate surface area is 106 Å². The van der Waals surface area contributed by atoms with Gasteiger partial charge in [-0.15, -0.1) is 0 Å². The second kappa shape index (κ2) is 4.65. The summed E-state index contributed by atoms with van der Waals surface area (Å²) >= 11 is 0. The first kappa shape index (κ1) is 11.6. The van der Waals surface area contributed by atoms with E-state index in [0.29, 0.717) is 19.4 Å². The van der Waals surface area contributed by atoms with Gasteiger partial charge in [0.15, 0.2) is 0 Å². The Balaban J connectivity index is 1.85. The highest BCUT2D eigenvalue weighted by Crippen LogP contribution is 2.25. The number of fused-ring (bicyclic) bond motifs is 1. The molecule has 18 heavy (non-hydrogen) atoms. The summed E-state index contributed by atoms with van der Waals surface area (Å²) in [6.45, 7) is 1.37. The molecule has 0 amide bonds. The highest BCUT2D eigenvalue weighted by molar-refractivity contribution is 5.78. The number of hydrogen-bond acceptors (Lipinski definition) is 2. The van der Waals surface area contributed by atoms with Gasteiger partial charge in [0, 0.05) is 24.0 Å². The third-order valence-electron chi connectivity index (χ3n) is 3.57. The van der Waals surface area contributed by atoms with Gasteiger partial charge in [-0.1, -0.05) is 24.3 Å². The van der Waals surface area contributed by atoms with E-state index in [1.807, 2.05) is 36.4 Å². The van der Waals surface area contributed by atoms with Crippen molar-refractivity contribution < 1.29 is 4.39 Å². The Hall–Kier alpha value is -1.48. The SMILES string of the molecule is FC1(Cc2ccc3ccccc3n2)CCCNC1. The molecule has 1 N–H and O–H groups in total. The van der Waals surface area contributed by atoms with Gasteiger partial charge in [-0.25, -0.2) is 4.39 Å². The van der Waals surface area contributed by atoms with Crippen LogP contribution in [0.25, 0.3) is 10.9 Å². The minimum Gasteiger partial charge on any atom is -0.314 e. The predicted molar refractivity (Wildman–Crippen MR) is 71.4 cm³/mol. The fourth-order valence-electron chi connectivity index (χ4n) is 2.61. The third kappa shape index (κ3) is 2.36. The molecule has 2 heterocycles. The van der Waals surface area contributed by atoms with E-state index in [9.17, 15) is 4.39 Å². The minimum absolute atomic E-state index is 0.408. The van der Waals surface area contributed by atoms with Crippen LogP contribution in [-0.4, -0.2) is 23.7 Å². The summed E-state index contributed by atoms with van der Waals surface area (Å²) in [6, 6.07) is 11.9. The molecule has 0 radical (unpaired) electrons. The lowest BCUT2D eigenvalue weighted by Gasteiger charge is -2.29. The molecule has 0 spiro atoms. The number of piperidine rings is 1. The Morgan fingerprint density at radius 3 is 2.94 bits per heavy atom. The topological polar surface area (TPSA) is 24.9 Å². The van der Waals surface area contributed by atoms with Crippen LogP contribution in [0.5, 0.6) is 0 Å². The van der Waals surface area contributed by atoms with Gasteiger partial charge in [0.05, 0.1) is 5.52 Å². The standard InChI is InChI=1S/C15H17FN2/c16-15(8-3-9-17-11-15)10-13-7-6-12-4-1-2-5-14(12)18-13/h1-2,4-7,17H,3,8-11H2. The van der Waals surface area contributed by atoms with Crippen molar-refractivity contribution in [2.24, 2.45) is 0 Å². The van der Waals surface area contributed by atoms with Gasteiger partial charge in [0.2, 0.25) is 0 Å². The molecule has 2 nitrogen and oxygen atoms in total. The van der Waals surface area contributed by atoms with Crippen LogP contribution in [0.15, 0.2) is 36.4 Å². The molecule has 1 saturated heterocycles. The zero-order valence-electron chi connectivity index (χ0n) is 10.3. The molecule has 0 aliphatic carbocycles. The van der Waals surface area contributed by atoms with Crippen LogP contribution in [-0.2, 0) is 6.42 Å². The fraction of sp³-hybridized carbons (Fsp3) is 0.400. The normalized spacial score (nSPS) is 24.3. The van der Waals surface area contributed by atoms with Crippen molar-refractivity contribution in [3.63, 3.8) is 0 Å². The molecule has 1 aliphatic heterocycles. The molecule has 1 aliphatic rings. The van der Waals surface area contributed by atoms with E-state index in [1.54, 1.807) is 0 Å². The van der Waals surface area contributed by atoms with Crippen molar-refractivity contribution in [1.29, 1.82) is 0 Å². The number of para-hydroxylation sites is 1. The molecule has 1 fully saturated rings. The van der Waals surface area contributed by atoms with Crippen molar-refractivity contribution in [3.05, 3.63) is 42.1 Å². The largest absolute Gasteiger partial charge is 0.314 e. The molecule has 3 rings (SSSR count). The highest BCUT2D eigenvalue weighted by atomic mass is 19.1. The maximum atomic E-state index is 14.6. The summed E-state index contributed by atoms with van der Waals surface area (Å²) in [5.74, 6) is 0. The maximum Gasteiger partial charge on any atom is 0.129 e. The summed E-state index contributed by atoms with van der Waals surface area (Å²) in [4.78, 5) is 4.55. The van der Waals surface area contributed by atoms with Gasteiger partial charge in [0.1, 0.15) is 5.67 Å². The van der Waals surface area contributed by atoms with Crippen LogP contribution in [0.1, 0.15) is 18.5 Å². The van der Waals surface area contributed by atoms with Gasteiger partial charge < -0.3 is 5.32 Å². The first-order valence-corrected chi connectivity index (χ1v) is 6.50. The van der Waals surface area contributed by atoms with Gasteiger partial charge in [-0.3, -0.25) is 4.98 Å². The lowest BCUT2D eigenvalue weighted by molar-refractivity contribution is 0.121. The lowest BCUT2D eigenvalue weighted by atomic mass is 9.91. The summed E-state index contributed by atoms with van der Waals surface area (Å²) in [5, 5.41) is 4.24. The van der Waals surface area contributed by atoms with Gasteiger partial charge >= 0.3 is 0 Å². The van der Waals surface area contributed by atoms with Crippen LogP contribution < -0.4 is 5.32 Å². The first-order chi connectivity index (χ1) is 8.75. The fourth-order valence-corrected chi connectivity index (χ4v) is 2.61. The number of hydrogen-bond donors (Lipinski definition) is 1. The van der Waals surface area contributed by atoms with Crippen molar-refractivity contribution in [1.82, 2.24) is 10.3 Å². The number of nitrogens with zero attached hydrogens (tertiary/aromatic N) is 1. The van der Waals surface area contributed by atoms with Crippen LogP contribution in [0.2, 0.25) is 0 Å². The number of rotatable bonds is 2. The van der Waals surface area contributed by atoms with Crippen molar-refractivity contribution in [2.45, 2.75) is 24.9 Å². The number of halogens is 1. The molecule has 0 bridgehead atoms. The molecule has 2 aromatic rings. The van der Waals surface area contributed by atoms with Crippen LogP contribution in [0, 0.1) is 0 Å². The molecule has 3 heteroatoms. The summed E-state index contributed by atoms with van der Waals surface area (Å²) in [5.41, 5.74) is 0.663. The number of aromatic nitrogens is 1. The zero-order chi connectivity index (χ0) is 12.4. The van der Waals surface area contributed by atoms with E-state index in [0.717, 1.165) is 29.6 Å². The predicted octanol–water partition coefficient (Wildman–Crippen LogP) is 2.87. The number of benzene rings is 1.